The maximum absolute atomic E-state index is 3.26. The first-order valence-electron chi connectivity index (χ1n) is 4.93. The third-order valence-corrected chi connectivity index (χ3v) is 2.21. The van der Waals surface area contributed by atoms with Crippen molar-refractivity contribution in [3.63, 3.8) is 0 Å². The van der Waals surface area contributed by atoms with Gasteiger partial charge >= 0.3 is 0 Å². The summed E-state index contributed by atoms with van der Waals surface area (Å²) in [6.45, 7) is 5.24. The molecule has 0 saturated heterocycles. The summed E-state index contributed by atoms with van der Waals surface area (Å²) in [5.74, 6) is 0. The zero-order valence-electron chi connectivity index (χ0n) is 9.12. The maximum Gasteiger partial charge on any atom is 0.0409 e. The number of nitrogens with one attached hydrogen (secondary N) is 1. The van der Waals surface area contributed by atoms with Crippen molar-refractivity contribution in [2.75, 3.05) is 18.9 Å². The van der Waals surface area contributed by atoms with Crippen molar-refractivity contribution in [1.29, 1.82) is 0 Å². The summed E-state index contributed by atoms with van der Waals surface area (Å²) in [5, 5.41) is 3.26. The van der Waals surface area contributed by atoms with E-state index in [4.69, 9.17) is 0 Å². The van der Waals surface area contributed by atoms with Crippen molar-refractivity contribution >= 4 is 5.69 Å². The predicted molar refractivity (Wildman–Crippen MR) is 62.2 cm³/mol. The molecule has 0 amide bonds. The number of hydrogen-bond acceptors (Lipinski definition) is 2. The van der Waals surface area contributed by atoms with Gasteiger partial charge in [-0.3, -0.25) is 0 Å². The normalized spacial score (nSPS) is 10.5. The molecule has 1 N–H and O–H groups in total. The monoisotopic (exact) mass is 190 g/mol. The Morgan fingerprint density at radius 2 is 2.07 bits per heavy atom. The molecule has 14 heavy (non-hydrogen) atoms. The first-order valence-corrected chi connectivity index (χ1v) is 4.93. The van der Waals surface area contributed by atoms with Gasteiger partial charge in [-0.1, -0.05) is 18.2 Å². The highest BCUT2D eigenvalue weighted by atomic mass is 15.1. The van der Waals surface area contributed by atoms with E-state index >= 15 is 0 Å². The second kappa shape index (κ2) is 5.32. The molecular formula is C12H18N2. The van der Waals surface area contributed by atoms with Crippen LogP contribution in [-0.4, -0.2) is 18.5 Å². The molecule has 0 spiro atoms. The number of anilines is 1. The molecule has 0 aliphatic heterocycles. The lowest BCUT2D eigenvalue weighted by atomic mass is 10.2. The molecule has 0 atom stereocenters. The zero-order valence-corrected chi connectivity index (χ0v) is 9.12. The van der Waals surface area contributed by atoms with Crippen LogP contribution in [0.2, 0.25) is 0 Å². The van der Waals surface area contributed by atoms with E-state index in [2.05, 4.69) is 43.2 Å². The number of benzene rings is 1. The quantitative estimate of drug-likeness (QED) is 0.785. The second-order valence-electron chi connectivity index (χ2n) is 3.35. The standard InChI is InChI=1S/C12H18N2/c1-4-14(3)10-9-13-12-8-6-5-7-11(12)2/h5-10,13H,4H2,1-3H3/b10-9-. The first kappa shape index (κ1) is 10.6. The van der Waals surface area contributed by atoms with Gasteiger partial charge in [0, 0.05) is 31.7 Å². The zero-order chi connectivity index (χ0) is 10.4. The molecule has 0 aliphatic rings. The largest absolute Gasteiger partial charge is 0.380 e. The fraction of sp³-hybridized carbons (Fsp3) is 0.333. The van der Waals surface area contributed by atoms with E-state index < -0.39 is 0 Å². The Kier molecular flexibility index (Phi) is 4.05. The molecule has 0 radical (unpaired) electrons. The summed E-state index contributed by atoms with van der Waals surface area (Å²) < 4.78 is 0. The van der Waals surface area contributed by atoms with Gasteiger partial charge in [0.2, 0.25) is 0 Å². The van der Waals surface area contributed by atoms with E-state index in [1.807, 2.05) is 24.5 Å². The van der Waals surface area contributed by atoms with Crippen LogP contribution in [-0.2, 0) is 0 Å². The van der Waals surface area contributed by atoms with Crippen molar-refractivity contribution in [1.82, 2.24) is 4.90 Å². The molecule has 1 aromatic carbocycles. The second-order valence-corrected chi connectivity index (χ2v) is 3.35. The molecule has 0 saturated carbocycles. The van der Waals surface area contributed by atoms with Crippen LogP contribution >= 0.6 is 0 Å². The third kappa shape index (κ3) is 3.13. The fourth-order valence-electron chi connectivity index (χ4n) is 1.09. The Balaban J connectivity index is 2.53. The van der Waals surface area contributed by atoms with Crippen molar-refractivity contribution in [3.8, 4) is 0 Å². The van der Waals surface area contributed by atoms with E-state index in [0.717, 1.165) is 12.2 Å². The van der Waals surface area contributed by atoms with E-state index in [0.29, 0.717) is 0 Å². The maximum atomic E-state index is 3.26. The highest BCUT2D eigenvalue weighted by Crippen LogP contribution is 2.12. The fourth-order valence-corrected chi connectivity index (χ4v) is 1.09. The van der Waals surface area contributed by atoms with E-state index in [-0.39, 0.29) is 0 Å². The van der Waals surface area contributed by atoms with Crippen LogP contribution in [0.15, 0.2) is 36.7 Å². The predicted octanol–water partition coefficient (Wildman–Crippen LogP) is 2.83. The van der Waals surface area contributed by atoms with Crippen LogP contribution < -0.4 is 5.32 Å². The topological polar surface area (TPSA) is 15.3 Å². The summed E-state index contributed by atoms with van der Waals surface area (Å²) in [5.41, 5.74) is 2.42. The summed E-state index contributed by atoms with van der Waals surface area (Å²) in [4.78, 5) is 2.12. The van der Waals surface area contributed by atoms with Gasteiger partial charge in [-0.05, 0) is 25.5 Å². The Hall–Kier alpha value is -1.44. The molecule has 2 nitrogen and oxygen atoms in total. The van der Waals surface area contributed by atoms with Gasteiger partial charge in [0.1, 0.15) is 0 Å². The molecule has 0 unspecified atom stereocenters. The van der Waals surface area contributed by atoms with E-state index in [1.165, 1.54) is 5.56 Å². The number of aryl methyl sites for hydroxylation is 1. The van der Waals surface area contributed by atoms with Gasteiger partial charge in [-0.25, -0.2) is 0 Å². The summed E-state index contributed by atoms with van der Waals surface area (Å²) >= 11 is 0. The van der Waals surface area contributed by atoms with Crippen molar-refractivity contribution in [2.24, 2.45) is 0 Å². The molecule has 2 heteroatoms. The van der Waals surface area contributed by atoms with Gasteiger partial charge in [-0.15, -0.1) is 0 Å². The minimum atomic E-state index is 1.02. The Labute approximate surface area is 86.2 Å². The van der Waals surface area contributed by atoms with Gasteiger partial charge in [0.25, 0.3) is 0 Å². The highest BCUT2D eigenvalue weighted by molar-refractivity contribution is 5.51. The van der Waals surface area contributed by atoms with Crippen molar-refractivity contribution < 1.29 is 0 Å². The lowest BCUT2D eigenvalue weighted by molar-refractivity contribution is 0.483. The number of nitrogens with zero attached hydrogens (tertiary/aromatic N) is 1. The molecule has 0 fully saturated rings. The molecule has 0 bridgehead atoms. The van der Waals surface area contributed by atoms with Crippen molar-refractivity contribution in [2.45, 2.75) is 13.8 Å². The third-order valence-electron chi connectivity index (χ3n) is 2.21. The molecule has 0 aromatic heterocycles. The van der Waals surface area contributed by atoms with Crippen LogP contribution in [0.3, 0.4) is 0 Å². The lowest BCUT2D eigenvalue weighted by Gasteiger charge is -2.10. The number of hydrogen-bond donors (Lipinski definition) is 1. The van der Waals surface area contributed by atoms with Gasteiger partial charge in [0.15, 0.2) is 0 Å². The van der Waals surface area contributed by atoms with Crippen LogP contribution in [0.4, 0.5) is 5.69 Å². The summed E-state index contributed by atoms with van der Waals surface area (Å²) in [6.07, 6.45) is 4.00. The minimum Gasteiger partial charge on any atom is -0.380 e. The van der Waals surface area contributed by atoms with Gasteiger partial charge < -0.3 is 10.2 Å². The molecule has 1 rings (SSSR count). The smallest absolute Gasteiger partial charge is 0.0409 e. The Bertz CT molecular complexity index is 305. The Morgan fingerprint density at radius 1 is 1.36 bits per heavy atom. The number of rotatable bonds is 4. The average Bonchev–Trinajstić information content (AvgIpc) is 2.20. The minimum absolute atomic E-state index is 1.02. The highest BCUT2D eigenvalue weighted by Gasteiger charge is 1.91. The molecule has 0 aliphatic carbocycles. The van der Waals surface area contributed by atoms with E-state index in [9.17, 15) is 0 Å². The molecule has 76 valence electrons. The van der Waals surface area contributed by atoms with Gasteiger partial charge in [-0.2, -0.15) is 0 Å². The Morgan fingerprint density at radius 3 is 2.71 bits per heavy atom. The molecule has 0 heterocycles. The summed E-state index contributed by atoms with van der Waals surface area (Å²) in [6, 6.07) is 8.25. The SMILES string of the molecule is CCN(C)/C=C\Nc1ccccc1C. The average molecular weight is 190 g/mol. The van der Waals surface area contributed by atoms with Crippen LogP contribution in [0, 0.1) is 6.92 Å². The lowest BCUT2D eigenvalue weighted by Crippen LogP contribution is -2.09. The van der Waals surface area contributed by atoms with Crippen LogP contribution in [0.25, 0.3) is 0 Å². The van der Waals surface area contributed by atoms with Crippen molar-refractivity contribution in [3.05, 3.63) is 42.2 Å². The summed E-state index contributed by atoms with van der Waals surface area (Å²) in [7, 11) is 2.05. The molecule has 1 aromatic rings. The van der Waals surface area contributed by atoms with E-state index in [1.54, 1.807) is 0 Å². The number of para-hydroxylation sites is 1. The van der Waals surface area contributed by atoms with Gasteiger partial charge in [0.05, 0.1) is 0 Å². The van der Waals surface area contributed by atoms with Crippen LogP contribution in [0.5, 0.6) is 0 Å². The first-order chi connectivity index (χ1) is 6.74. The van der Waals surface area contributed by atoms with Crippen LogP contribution in [0.1, 0.15) is 12.5 Å². The molecular weight excluding hydrogens is 172 g/mol.